The first-order valence-corrected chi connectivity index (χ1v) is 7.32. The summed E-state index contributed by atoms with van der Waals surface area (Å²) < 4.78 is 5.37. The Morgan fingerprint density at radius 3 is 2.68 bits per heavy atom. The Morgan fingerprint density at radius 2 is 2.00 bits per heavy atom. The van der Waals surface area contributed by atoms with Gasteiger partial charge in [-0.2, -0.15) is 0 Å². The maximum Gasteiger partial charge on any atom is 0.0594 e. The van der Waals surface area contributed by atoms with Crippen LogP contribution >= 0.6 is 0 Å². The number of benzene rings is 1. The Kier molecular flexibility index (Phi) is 5.23. The van der Waals surface area contributed by atoms with Crippen molar-refractivity contribution in [3.05, 3.63) is 29.3 Å². The molecule has 0 unspecified atom stereocenters. The third-order valence-electron chi connectivity index (χ3n) is 3.76. The highest BCUT2D eigenvalue weighted by Crippen LogP contribution is 2.27. The van der Waals surface area contributed by atoms with Crippen LogP contribution < -0.4 is 5.32 Å². The minimum absolute atomic E-state index is 0.561. The van der Waals surface area contributed by atoms with Crippen LogP contribution in [0.4, 0.5) is 5.69 Å². The normalized spacial score (nSPS) is 16.8. The van der Waals surface area contributed by atoms with E-state index in [1.165, 1.54) is 16.8 Å². The zero-order valence-corrected chi connectivity index (χ0v) is 12.4. The van der Waals surface area contributed by atoms with Crippen LogP contribution in [-0.4, -0.2) is 44.3 Å². The number of nitrogens with one attached hydrogen (secondary N) is 1. The number of para-hydroxylation sites is 1. The van der Waals surface area contributed by atoms with Gasteiger partial charge in [0.15, 0.2) is 0 Å². The van der Waals surface area contributed by atoms with E-state index >= 15 is 0 Å². The first kappa shape index (κ1) is 14.4. The monoisotopic (exact) mass is 262 g/mol. The molecule has 0 saturated carbocycles. The van der Waals surface area contributed by atoms with E-state index in [4.69, 9.17) is 4.74 Å². The first-order valence-electron chi connectivity index (χ1n) is 7.32. The lowest BCUT2D eigenvalue weighted by Crippen LogP contribution is -2.39. The van der Waals surface area contributed by atoms with E-state index in [9.17, 15) is 0 Å². The third kappa shape index (κ3) is 3.95. The van der Waals surface area contributed by atoms with Crippen molar-refractivity contribution < 1.29 is 4.74 Å². The Hall–Kier alpha value is -1.06. The van der Waals surface area contributed by atoms with Crippen molar-refractivity contribution in [2.45, 2.75) is 26.7 Å². The summed E-state index contributed by atoms with van der Waals surface area (Å²) in [5.74, 6) is 0.561. The minimum Gasteiger partial charge on any atom is -0.383 e. The van der Waals surface area contributed by atoms with Crippen molar-refractivity contribution in [1.29, 1.82) is 0 Å². The molecular weight excluding hydrogens is 236 g/mol. The van der Waals surface area contributed by atoms with E-state index in [0.29, 0.717) is 5.92 Å². The molecule has 0 bridgehead atoms. The van der Waals surface area contributed by atoms with E-state index < -0.39 is 0 Å². The lowest BCUT2D eigenvalue weighted by molar-refractivity contribution is 0.0398. The van der Waals surface area contributed by atoms with Gasteiger partial charge in [-0.15, -0.1) is 0 Å². The maximum atomic E-state index is 5.37. The minimum atomic E-state index is 0.561. The average molecular weight is 262 g/mol. The molecule has 1 aromatic carbocycles. The number of nitrogens with zero attached hydrogens (tertiary/aromatic N) is 1. The van der Waals surface area contributed by atoms with Crippen LogP contribution in [0.5, 0.6) is 0 Å². The van der Waals surface area contributed by atoms with Crippen LogP contribution in [0.15, 0.2) is 18.2 Å². The van der Waals surface area contributed by atoms with Gasteiger partial charge in [0.1, 0.15) is 0 Å². The molecule has 1 heterocycles. The highest BCUT2D eigenvalue weighted by Gasteiger charge is 2.11. The SMILES string of the molecule is Cc1cccc(C(C)C)c1NCCN1CCOCC1. The number of hydrogen-bond donors (Lipinski definition) is 1. The fraction of sp³-hybridized carbons (Fsp3) is 0.625. The molecule has 1 fully saturated rings. The van der Waals surface area contributed by atoms with Crippen molar-refractivity contribution in [1.82, 2.24) is 4.90 Å². The maximum absolute atomic E-state index is 5.37. The topological polar surface area (TPSA) is 24.5 Å². The van der Waals surface area contributed by atoms with Gasteiger partial charge in [0.2, 0.25) is 0 Å². The molecule has 0 amide bonds. The van der Waals surface area contributed by atoms with Gasteiger partial charge in [-0.05, 0) is 24.0 Å². The second-order valence-electron chi connectivity index (χ2n) is 5.57. The van der Waals surface area contributed by atoms with E-state index in [2.05, 4.69) is 49.2 Å². The number of anilines is 1. The van der Waals surface area contributed by atoms with E-state index in [-0.39, 0.29) is 0 Å². The van der Waals surface area contributed by atoms with E-state index in [0.717, 1.165) is 39.4 Å². The summed E-state index contributed by atoms with van der Waals surface area (Å²) in [6.45, 7) is 12.7. The lowest BCUT2D eigenvalue weighted by atomic mass is 9.98. The standard InChI is InChI=1S/C16H26N2O/c1-13(2)15-6-4-5-14(3)16(15)17-7-8-18-9-11-19-12-10-18/h4-6,13,17H,7-12H2,1-3H3. The van der Waals surface area contributed by atoms with Crippen molar-refractivity contribution in [3.63, 3.8) is 0 Å². The second kappa shape index (κ2) is 6.92. The van der Waals surface area contributed by atoms with Crippen molar-refractivity contribution >= 4 is 5.69 Å². The summed E-state index contributed by atoms with van der Waals surface area (Å²) in [5.41, 5.74) is 4.08. The fourth-order valence-electron chi connectivity index (χ4n) is 2.58. The third-order valence-corrected chi connectivity index (χ3v) is 3.76. The molecule has 3 heteroatoms. The van der Waals surface area contributed by atoms with Crippen molar-refractivity contribution in [2.75, 3.05) is 44.7 Å². The van der Waals surface area contributed by atoms with Crippen molar-refractivity contribution in [2.24, 2.45) is 0 Å². The summed E-state index contributed by atoms with van der Waals surface area (Å²) >= 11 is 0. The van der Waals surface area contributed by atoms with Crippen LogP contribution in [0, 0.1) is 6.92 Å². The van der Waals surface area contributed by atoms with Gasteiger partial charge in [0, 0.05) is 31.9 Å². The van der Waals surface area contributed by atoms with Crippen molar-refractivity contribution in [3.8, 4) is 0 Å². The molecule has 0 spiro atoms. The highest BCUT2D eigenvalue weighted by atomic mass is 16.5. The summed E-state index contributed by atoms with van der Waals surface area (Å²) in [7, 11) is 0. The Bertz CT molecular complexity index is 398. The van der Waals surface area contributed by atoms with Crippen LogP contribution in [0.1, 0.15) is 30.9 Å². The predicted octanol–water partition coefficient (Wildman–Crippen LogP) is 2.86. The predicted molar refractivity (Wildman–Crippen MR) is 81.0 cm³/mol. The number of aryl methyl sites for hydroxylation is 1. The zero-order valence-electron chi connectivity index (χ0n) is 12.4. The summed E-state index contributed by atoms with van der Waals surface area (Å²) in [5, 5.41) is 3.63. The van der Waals surface area contributed by atoms with Gasteiger partial charge < -0.3 is 10.1 Å². The van der Waals surface area contributed by atoms with Crippen LogP contribution in [0.3, 0.4) is 0 Å². The Balaban J connectivity index is 1.91. The number of ether oxygens (including phenoxy) is 1. The summed E-state index contributed by atoms with van der Waals surface area (Å²) in [6, 6.07) is 6.56. The van der Waals surface area contributed by atoms with Crippen LogP contribution in [-0.2, 0) is 4.74 Å². The molecule has 106 valence electrons. The molecule has 19 heavy (non-hydrogen) atoms. The van der Waals surface area contributed by atoms with Gasteiger partial charge in [-0.25, -0.2) is 0 Å². The fourth-order valence-corrected chi connectivity index (χ4v) is 2.58. The Morgan fingerprint density at radius 1 is 1.26 bits per heavy atom. The summed E-state index contributed by atoms with van der Waals surface area (Å²) in [4.78, 5) is 2.46. The molecule has 0 aromatic heterocycles. The average Bonchev–Trinajstić information content (AvgIpc) is 2.41. The van der Waals surface area contributed by atoms with Gasteiger partial charge in [-0.1, -0.05) is 32.0 Å². The zero-order chi connectivity index (χ0) is 13.7. The number of hydrogen-bond acceptors (Lipinski definition) is 3. The largest absolute Gasteiger partial charge is 0.383 e. The molecular formula is C16H26N2O. The Labute approximate surface area is 116 Å². The van der Waals surface area contributed by atoms with E-state index in [1.54, 1.807) is 0 Å². The van der Waals surface area contributed by atoms with Gasteiger partial charge in [0.05, 0.1) is 13.2 Å². The molecule has 0 radical (unpaired) electrons. The highest BCUT2D eigenvalue weighted by molar-refractivity contribution is 5.58. The van der Waals surface area contributed by atoms with E-state index in [1.807, 2.05) is 0 Å². The quantitative estimate of drug-likeness (QED) is 0.883. The van der Waals surface area contributed by atoms with Gasteiger partial charge in [-0.3, -0.25) is 4.90 Å². The number of morpholine rings is 1. The molecule has 1 saturated heterocycles. The first-order chi connectivity index (χ1) is 9.18. The lowest BCUT2D eigenvalue weighted by Gasteiger charge is -2.27. The molecule has 1 N–H and O–H groups in total. The molecule has 2 rings (SSSR count). The second-order valence-corrected chi connectivity index (χ2v) is 5.57. The molecule has 1 aliphatic rings. The molecule has 1 aromatic rings. The van der Waals surface area contributed by atoms with Gasteiger partial charge in [0.25, 0.3) is 0 Å². The summed E-state index contributed by atoms with van der Waals surface area (Å²) in [6.07, 6.45) is 0. The molecule has 3 nitrogen and oxygen atoms in total. The molecule has 0 aliphatic carbocycles. The smallest absolute Gasteiger partial charge is 0.0594 e. The van der Waals surface area contributed by atoms with Crippen LogP contribution in [0.25, 0.3) is 0 Å². The van der Waals surface area contributed by atoms with Crippen LogP contribution in [0.2, 0.25) is 0 Å². The van der Waals surface area contributed by atoms with Gasteiger partial charge >= 0.3 is 0 Å². The molecule has 0 atom stereocenters. The molecule has 1 aliphatic heterocycles. The number of rotatable bonds is 5.